The third-order valence-corrected chi connectivity index (χ3v) is 3.70. The number of rotatable bonds is 5. The zero-order valence-corrected chi connectivity index (χ0v) is 12.8. The molecule has 1 aromatic carbocycles. The molecule has 0 radical (unpaired) electrons. The maximum Gasteiger partial charge on any atom is 0.320 e. The van der Waals surface area contributed by atoms with Crippen LogP contribution in [-0.2, 0) is 17.8 Å². The number of carboxylic acid groups (broad SMARTS) is 1. The minimum Gasteiger partial charge on any atom is -0.480 e. The summed E-state index contributed by atoms with van der Waals surface area (Å²) in [5, 5.41) is 13.1. The van der Waals surface area contributed by atoms with Crippen LogP contribution in [0, 0.1) is 0 Å². The van der Waals surface area contributed by atoms with Gasteiger partial charge in [-0.2, -0.15) is 4.98 Å². The molecule has 2 aromatic rings. The van der Waals surface area contributed by atoms with E-state index in [9.17, 15) is 4.79 Å². The Labute approximate surface area is 134 Å². The van der Waals surface area contributed by atoms with E-state index in [1.165, 1.54) is 0 Å². The molecule has 1 aliphatic rings. The van der Waals surface area contributed by atoms with E-state index < -0.39 is 12.0 Å². The van der Waals surface area contributed by atoms with Crippen molar-refractivity contribution in [1.82, 2.24) is 15.0 Å². The number of carbonyl (C=O) groups is 1. The zero-order chi connectivity index (χ0) is 14.7. The Hall–Kier alpha value is -1.92. The van der Waals surface area contributed by atoms with Gasteiger partial charge in [0.2, 0.25) is 5.89 Å². The van der Waals surface area contributed by atoms with Gasteiger partial charge < -0.3 is 9.63 Å². The number of nitrogens with zero attached hydrogens (tertiary/aromatic N) is 3. The normalized spacial score (nSPS) is 18.1. The highest BCUT2D eigenvalue weighted by Crippen LogP contribution is 2.19. The number of hydrogen-bond donors (Lipinski definition) is 1. The SMILES string of the molecule is Cl.O=C(O)[C@@H]1CCCN1Cc1nc(Cc2ccccc2)no1. The number of halogens is 1. The Morgan fingerprint density at radius 2 is 2.14 bits per heavy atom. The number of benzene rings is 1. The third-order valence-electron chi connectivity index (χ3n) is 3.70. The van der Waals surface area contributed by atoms with E-state index in [0.29, 0.717) is 31.1 Å². The van der Waals surface area contributed by atoms with Gasteiger partial charge in [-0.05, 0) is 24.9 Å². The highest BCUT2D eigenvalue weighted by molar-refractivity contribution is 5.85. The monoisotopic (exact) mass is 323 g/mol. The van der Waals surface area contributed by atoms with E-state index in [4.69, 9.17) is 9.63 Å². The first-order valence-corrected chi connectivity index (χ1v) is 7.04. The first-order chi connectivity index (χ1) is 10.2. The lowest BCUT2D eigenvalue weighted by atomic mass is 10.1. The molecule has 3 rings (SSSR count). The molecule has 1 atom stereocenters. The van der Waals surface area contributed by atoms with Crippen LogP contribution in [0.15, 0.2) is 34.9 Å². The summed E-state index contributed by atoms with van der Waals surface area (Å²) in [5.74, 6) is 0.327. The molecule has 0 amide bonds. The predicted molar refractivity (Wildman–Crippen MR) is 81.9 cm³/mol. The van der Waals surface area contributed by atoms with Crippen molar-refractivity contribution in [1.29, 1.82) is 0 Å². The molecular formula is C15H18ClN3O3. The van der Waals surface area contributed by atoms with Gasteiger partial charge >= 0.3 is 5.97 Å². The second kappa shape index (κ2) is 7.38. The third kappa shape index (κ3) is 3.84. The fourth-order valence-electron chi connectivity index (χ4n) is 2.67. The molecule has 7 heteroatoms. The fourth-order valence-corrected chi connectivity index (χ4v) is 2.67. The lowest BCUT2D eigenvalue weighted by Gasteiger charge is -2.18. The Morgan fingerprint density at radius 3 is 2.86 bits per heavy atom. The molecule has 0 spiro atoms. The van der Waals surface area contributed by atoms with Crippen molar-refractivity contribution >= 4 is 18.4 Å². The van der Waals surface area contributed by atoms with Gasteiger partial charge in [0.1, 0.15) is 6.04 Å². The van der Waals surface area contributed by atoms with Crippen LogP contribution in [0.1, 0.15) is 30.1 Å². The van der Waals surface area contributed by atoms with Crippen molar-refractivity contribution in [3.63, 3.8) is 0 Å². The molecule has 118 valence electrons. The molecule has 2 heterocycles. The highest BCUT2D eigenvalue weighted by atomic mass is 35.5. The van der Waals surface area contributed by atoms with Crippen LogP contribution in [0.5, 0.6) is 0 Å². The molecule has 6 nitrogen and oxygen atoms in total. The van der Waals surface area contributed by atoms with Crippen LogP contribution in [-0.4, -0.2) is 38.7 Å². The van der Waals surface area contributed by atoms with Gasteiger partial charge in [-0.25, -0.2) is 0 Å². The number of likely N-dealkylation sites (tertiary alicyclic amines) is 1. The molecule has 1 aromatic heterocycles. The van der Waals surface area contributed by atoms with Crippen molar-refractivity contribution in [3.8, 4) is 0 Å². The molecule has 1 saturated heterocycles. The van der Waals surface area contributed by atoms with Crippen LogP contribution >= 0.6 is 12.4 Å². The first-order valence-electron chi connectivity index (χ1n) is 7.04. The Bertz CT molecular complexity index is 618. The molecule has 1 fully saturated rings. The van der Waals surface area contributed by atoms with E-state index in [1.807, 2.05) is 35.2 Å². The van der Waals surface area contributed by atoms with Gasteiger partial charge in [-0.15, -0.1) is 12.4 Å². The number of carboxylic acids is 1. The Kier molecular flexibility index (Phi) is 5.51. The van der Waals surface area contributed by atoms with Gasteiger partial charge in [-0.1, -0.05) is 35.5 Å². The summed E-state index contributed by atoms with van der Waals surface area (Å²) in [7, 11) is 0. The van der Waals surface area contributed by atoms with Gasteiger partial charge in [0.25, 0.3) is 0 Å². The molecule has 0 unspecified atom stereocenters. The highest BCUT2D eigenvalue weighted by Gasteiger charge is 2.31. The minimum absolute atomic E-state index is 0. The fraction of sp³-hybridized carbons (Fsp3) is 0.400. The molecule has 22 heavy (non-hydrogen) atoms. The summed E-state index contributed by atoms with van der Waals surface area (Å²) in [4.78, 5) is 17.4. The Balaban J connectivity index is 0.00000176. The average molecular weight is 324 g/mol. The quantitative estimate of drug-likeness (QED) is 0.908. The van der Waals surface area contributed by atoms with E-state index in [0.717, 1.165) is 18.5 Å². The van der Waals surface area contributed by atoms with Gasteiger partial charge in [-0.3, -0.25) is 9.69 Å². The number of aliphatic carboxylic acids is 1. The molecule has 1 N–H and O–H groups in total. The summed E-state index contributed by atoms with van der Waals surface area (Å²) in [5.41, 5.74) is 1.12. The largest absolute Gasteiger partial charge is 0.480 e. The number of aromatic nitrogens is 2. The zero-order valence-electron chi connectivity index (χ0n) is 12.0. The minimum atomic E-state index is -0.781. The molecular weight excluding hydrogens is 306 g/mol. The van der Waals surface area contributed by atoms with E-state index >= 15 is 0 Å². The van der Waals surface area contributed by atoms with Gasteiger partial charge in [0.15, 0.2) is 5.82 Å². The lowest BCUT2D eigenvalue weighted by Crippen LogP contribution is -2.35. The molecule has 0 aliphatic carbocycles. The molecule has 0 saturated carbocycles. The molecule has 1 aliphatic heterocycles. The van der Waals surface area contributed by atoms with Crippen molar-refractivity contribution in [2.45, 2.75) is 31.8 Å². The Morgan fingerprint density at radius 1 is 1.36 bits per heavy atom. The topological polar surface area (TPSA) is 79.5 Å². The maximum absolute atomic E-state index is 11.1. The van der Waals surface area contributed by atoms with Crippen molar-refractivity contribution in [3.05, 3.63) is 47.6 Å². The summed E-state index contributed by atoms with van der Waals surface area (Å²) in [6, 6.07) is 9.49. The lowest BCUT2D eigenvalue weighted by molar-refractivity contribution is -0.142. The average Bonchev–Trinajstić information content (AvgIpc) is 3.10. The van der Waals surface area contributed by atoms with Gasteiger partial charge in [0, 0.05) is 6.42 Å². The summed E-state index contributed by atoms with van der Waals surface area (Å²) < 4.78 is 5.23. The number of hydrogen-bond acceptors (Lipinski definition) is 5. The van der Waals surface area contributed by atoms with Crippen LogP contribution in [0.25, 0.3) is 0 Å². The van der Waals surface area contributed by atoms with Crippen molar-refractivity contribution < 1.29 is 14.4 Å². The van der Waals surface area contributed by atoms with Crippen LogP contribution in [0.3, 0.4) is 0 Å². The van der Waals surface area contributed by atoms with Crippen molar-refractivity contribution in [2.75, 3.05) is 6.54 Å². The second-order valence-corrected chi connectivity index (χ2v) is 5.23. The van der Waals surface area contributed by atoms with Crippen LogP contribution in [0.2, 0.25) is 0 Å². The molecule has 0 bridgehead atoms. The van der Waals surface area contributed by atoms with Crippen LogP contribution in [0.4, 0.5) is 0 Å². The van der Waals surface area contributed by atoms with Gasteiger partial charge in [0.05, 0.1) is 6.54 Å². The predicted octanol–water partition coefficient (Wildman–Crippen LogP) is 2.13. The standard InChI is InChI=1S/C15H17N3O3.ClH/c19-15(20)12-7-4-8-18(12)10-14-16-13(17-21-14)9-11-5-2-1-3-6-11;/h1-3,5-6,12H,4,7-10H2,(H,19,20);1H/t12-;/m0./s1. The first kappa shape index (κ1) is 16.5. The summed E-state index contributed by atoms with van der Waals surface area (Å²) in [6.07, 6.45) is 2.19. The van der Waals surface area contributed by atoms with Crippen molar-refractivity contribution in [2.24, 2.45) is 0 Å². The summed E-state index contributed by atoms with van der Waals surface area (Å²) >= 11 is 0. The maximum atomic E-state index is 11.1. The van der Waals surface area contributed by atoms with E-state index in [1.54, 1.807) is 0 Å². The smallest absolute Gasteiger partial charge is 0.320 e. The van der Waals surface area contributed by atoms with E-state index in [2.05, 4.69) is 10.1 Å². The van der Waals surface area contributed by atoms with E-state index in [-0.39, 0.29) is 12.4 Å². The van der Waals surface area contributed by atoms with Crippen LogP contribution < -0.4 is 0 Å². The second-order valence-electron chi connectivity index (χ2n) is 5.23. The summed E-state index contributed by atoms with van der Waals surface area (Å²) in [6.45, 7) is 1.16.